The van der Waals surface area contributed by atoms with Crippen LogP contribution in [0.4, 0.5) is 0 Å². The fourth-order valence-electron chi connectivity index (χ4n) is 8.11. The number of hydrogen-bond donors (Lipinski definition) is 0. The quantitative estimate of drug-likeness (QED) is 0.276. The summed E-state index contributed by atoms with van der Waals surface area (Å²) in [6, 6.07) is 15.2. The fourth-order valence-corrected chi connectivity index (χ4v) is 8.11. The minimum Gasteiger partial charge on any atom is -0.494 e. The van der Waals surface area contributed by atoms with E-state index in [9.17, 15) is 4.79 Å². The van der Waals surface area contributed by atoms with E-state index in [4.69, 9.17) is 9.72 Å². The number of rotatable bonds is 7. The molecule has 0 spiro atoms. The van der Waals surface area contributed by atoms with Crippen molar-refractivity contribution in [1.29, 1.82) is 0 Å². The number of amides is 1. The molecule has 4 atom stereocenters. The van der Waals surface area contributed by atoms with Crippen LogP contribution in [0.5, 0.6) is 5.75 Å². The molecule has 4 heterocycles. The van der Waals surface area contributed by atoms with Gasteiger partial charge in [0.05, 0.1) is 31.1 Å². The monoisotopic (exact) mass is 546 g/mol. The molecule has 3 aromatic heterocycles. The predicted octanol–water partition coefficient (Wildman–Crippen LogP) is 5.34. The average molecular weight is 547 g/mol. The lowest BCUT2D eigenvalue weighted by atomic mass is 9.53. The third kappa shape index (κ3) is 3.49. The molecule has 3 aliphatic carbocycles. The Morgan fingerprint density at radius 1 is 1.07 bits per heavy atom. The van der Waals surface area contributed by atoms with Crippen molar-refractivity contribution in [2.24, 2.45) is 30.7 Å². The first kappa shape index (κ1) is 23.6. The summed E-state index contributed by atoms with van der Waals surface area (Å²) in [6.07, 6.45) is 8.97. The standard InChI is InChI=1S/C33H34N6O2/c1-36-15-20(14-34-36)17-39-31-25(35-32(39)28-11-21-5-3-4-6-26(21)37(28)16-19-7-8-19)10-23(13-29(31)41-2)33(40)38-18-24-9-22-12-27(38)30(22)24/h3-6,10-11,13-15,19,22,24,27,30H,7-9,12,16-18H2,1-2H3/t22?,24?,27?,30-/m1/s1. The third-order valence-corrected chi connectivity index (χ3v) is 10.3. The second-order valence-electron chi connectivity index (χ2n) is 12.8. The Hall–Kier alpha value is -4.07. The molecule has 0 radical (unpaired) electrons. The van der Waals surface area contributed by atoms with E-state index in [-0.39, 0.29) is 5.91 Å². The van der Waals surface area contributed by atoms with Gasteiger partial charge in [0.15, 0.2) is 5.82 Å². The SMILES string of the molecule is COc1cc(C(=O)N2CC3CC4CC2[C@H]43)cc2nc(-c3cc4ccccc4n3CC3CC3)n(Cc3cnn(C)c3)c12. The van der Waals surface area contributed by atoms with Crippen molar-refractivity contribution < 1.29 is 9.53 Å². The highest BCUT2D eigenvalue weighted by Crippen LogP contribution is 2.60. The van der Waals surface area contributed by atoms with Crippen molar-refractivity contribution in [3.8, 4) is 17.3 Å². The number of imidazole rings is 1. The molecule has 1 saturated heterocycles. The van der Waals surface area contributed by atoms with Gasteiger partial charge in [-0.1, -0.05) is 18.2 Å². The lowest BCUT2D eigenvalue weighted by Crippen LogP contribution is -2.53. The summed E-state index contributed by atoms with van der Waals surface area (Å²) in [4.78, 5) is 21.3. The van der Waals surface area contributed by atoms with Crippen molar-refractivity contribution in [2.75, 3.05) is 13.7 Å². The average Bonchev–Trinajstić information content (AvgIpc) is 3.43. The van der Waals surface area contributed by atoms with Crippen LogP contribution in [-0.4, -0.2) is 54.4 Å². The number of ether oxygens (including phenoxy) is 1. The van der Waals surface area contributed by atoms with Crippen LogP contribution in [0, 0.1) is 23.7 Å². The number of aryl methyl sites for hydroxylation is 1. The topological polar surface area (TPSA) is 70.1 Å². The Bertz CT molecular complexity index is 1860. The zero-order valence-electron chi connectivity index (χ0n) is 23.5. The Morgan fingerprint density at radius 3 is 2.71 bits per heavy atom. The van der Waals surface area contributed by atoms with E-state index < -0.39 is 0 Å². The molecule has 3 saturated carbocycles. The van der Waals surface area contributed by atoms with Gasteiger partial charge in [-0.2, -0.15) is 5.10 Å². The first-order valence-corrected chi connectivity index (χ1v) is 15.0. The van der Waals surface area contributed by atoms with Crippen LogP contribution < -0.4 is 4.74 Å². The summed E-state index contributed by atoms with van der Waals surface area (Å²) in [6.45, 7) is 2.49. The van der Waals surface area contributed by atoms with Crippen molar-refractivity contribution in [3.05, 3.63) is 66.0 Å². The van der Waals surface area contributed by atoms with Crippen molar-refractivity contribution in [3.63, 3.8) is 0 Å². The first-order valence-electron chi connectivity index (χ1n) is 15.0. The number of carbonyl (C=O) groups is 1. The van der Waals surface area contributed by atoms with Crippen LogP contribution >= 0.6 is 0 Å². The number of methoxy groups -OCH3 is 1. The minimum absolute atomic E-state index is 0.120. The van der Waals surface area contributed by atoms with E-state index >= 15 is 0 Å². The largest absolute Gasteiger partial charge is 0.494 e. The number of likely N-dealkylation sites (tertiary alicyclic amines) is 1. The van der Waals surface area contributed by atoms with Crippen LogP contribution in [0.1, 0.15) is 41.6 Å². The van der Waals surface area contributed by atoms with Crippen LogP contribution in [-0.2, 0) is 20.1 Å². The highest BCUT2D eigenvalue weighted by atomic mass is 16.5. The van der Waals surface area contributed by atoms with E-state index in [1.165, 1.54) is 36.6 Å². The number of hydrogen-bond acceptors (Lipinski definition) is 4. The van der Waals surface area contributed by atoms with Crippen LogP contribution in [0.15, 0.2) is 54.9 Å². The van der Waals surface area contributed by atoms with E-state index in [1.54, 1.807) is 7.11 Å². The Morgan fingerprint density at radius 2 is 1.95 bits per heavy atom. The molecule has 0 N–H and O–H groups in total. The molecule has 1 aliphatic heterocycles. The van der Waals surface area contributed by atoms with Gasteiger partial charge in [-0.25, -0.2) is 4.98 Å². The van der Waals surface area contributed by atoms with Crippen LogP contribution in [0.3, 0.4) is 0 Å². The summed E-state index contributed by atoms with van der Waals surface area (Å²) in [5.74, 6) is 4.70. The molecule has 2 aromatic carbocycles. The molecule has 0 bridgehead atoms. The number of carbonyl (C=O) groups excluding carboxylic acids is 1. The lowest BCUT2D eigenvalue weighted by Gasteiger charge is -2.52. The van der Waals surface area contributed by atoms with Crippen molar-refractivity contribution in [2.45, 2.75) is 44.8 Å². The Balaban J connectivity index is 1.22. The zero-order chi connectivity index (χ0) is 27.4. The molecule has 41 heavy (non-hydrogen) atoms. The molecule has 4 fully saturated rings. The van der Waals surface area contributed by atoms with Gasteiger partial charge < -0.3 is 18.8 Å². The second-order valence-corrected chi connectivity index (χ2v) is 12.8. The summed E-state index contributed by atoms with van der Waals surface area (Å²) in [7, 11) is 3.64. The summed E-state index contributed by atoms with van der Waals surface area (Å²) in [5, 5.41) is 5.64. The molecular weight excluding hydrogens is 512 g/mol. The second kappa shape index (κ2) is 8.47. The van der Waals surface area contributed by atoms with E-state index in [1.807, 2.05) is 36.3 Å². The highest BCUT2D eigenvalue weighted by molar-refractivity contribution is 6.00. The summed E-state index contributed by atoms with van der Waals surface area (Å²) >= 11 is 0. The maximum atomic E-state index is 13.9. The summed E-state index contributed by atoms with van der Waals surface area (Å²) in [5.41, 5.74) is 5.81. The zero-order valence-corrected chi connectivity index (χ0v) is 23.5. The van der Waals surface area contributed by atoms with Gasteiger partial charge in [0.1, 0.15) is 11.3 Å². The predicted molar refractivity (Wildman–Crippen MR) is 157 cm³/mol. The number of benzene rings is 2. The molecule has 9 rings (SSSR count). The van der Waals surface area contributed by atoms with Crippen molar-refractivity contribution >= 4 is 27.8 Å². The molecule has 3 unspecified atom stereocenters. The van der Waals surface area contributed by atoms with E-state index in [2.05, 4.69) is 49.5 Å². The first-order chi connectivity index (χ1) is 20.1. The lowest BCUT2D eigenvalue weighted by molar-refractivity contribution is -0.0204. The van der Waals surface area contributed by atoms with Gasteiger partial charge in [-0.05, 0) is 73.6 Å². The molecule has 8 heteroatoms. The molecule has 208 valence electrons. The van der Waals surface area contributed by atoms with Crippen molar-refractivity contribution in [1.82, 2.24) is 28.8 Å². The molecule has 1 amide bonds. The fraction of sp³-hybridized carbons (Fsp3) is 0.424. The van der Waals surface area contributed by atoms with Gasteiger partial charge in [-0.15, -0.1) is 0 Å². The van der Waals surface area contributed by atoms with E-state index in [0.29, 0.717) is 35.7 Å². The minimum atomic E-state index is 0.120. The van der Waals surface area contributed by atoms with Crippen LogP contribution in [0.2, 0.25) is 0 Å². The van der Waals surface area contributed by atoms with Gasteiger partial charge in [0.25, 0.3) is 5.91 Å². The number of aromatic nitrogens is 5. The molecule has 4 aliphatic rings. The van der Waals surface area contributed by atoms with Gasteiger partial charge in [-0.3, -0.25) is 9.48 Å². The summed E-state index contributed by atoms with van der Waals surface area (Å²) < 4.78 is 12.5. The normalized spacial score (nSPS) is 24.5. The Labute approximate surface area is 238 Å². The molecule has 8 nitrogen and oxygen atoms in total. The Kier molecular flexibility index (Phi) is 4.88. The van der Waals surface area contributed by atoms with Gasteiger partial charge in [0.2, 0.25) is 0 Å². The van der Waals surface area contributed by atoms with Gasteiger partial charge >= 0.3 is 0 Å². The molecule has 5 aromatic rings. The molecular formula is C33H34N6O2. The van der Waals surface area contributed by atoms with Crippen LogP contribution in [0.25, 0.3) is 33.5 Å². The number of nitrogens with zero attached hydrogens (tertiary/aromatic N) is 6. The highest BCUT2D eigenvalue weighted by Gasteiger charge is 2.61. The smallest absolute Gasteiger partial charge is 0.254 e. The number of para-hydroxylation sites is 1. The van der Waals surface area contributed by atoms with Gasteiger partial charge in [0, 0.05) is 54.4 Å². The number of fused-ring (bicyclic) bond motifs is 2. The van der Waals surface area contributed by atoms with E-state index in [0.717, 1.165) is 53.0 Å². The maximum Gasteiger partial charge on any atom is 0.254 e. The maximum absolute atomic E-state index is 13.9. The third-order valence-electron chi connectivity index (χ3n) is 10.3.